The van der Waals surface area contributed by atoms with E-state index in [2.05, 4.69) is 56.2 Å². The molecule has 1 aromatic heterocycles. The third-order valence-electron chi connectivity index (χ3n) is 2.28. The van der Waals surface area contributed by atoms with Crippen molar-refractivity contribution in [3.05, 3.63) is 5.82 Å². The average molecular weight is 271 g/mol. The standard InChI is InChI=1S/C13H25N3OS/c1-8-17-9(12(2,3)4)10-14-11(18-16-10)15-13(5,6)7/h9H,8H2,1-7H3,(H,14,15,16). The van der Waals surface area contributed by atoms with Gasteiger partial charge in [-0.15, -0.1) is 0 Å². The van der Waals surface area contributed by atoms with Gasteiger partial charge in [0.05, 0.1) is 0 Å². The van der Waals surface area contributed by atoms with Crippen molar-refractivity contribution in [1.29, 1.82) is 0 Å². The molecule has 0 bridgehead atoms. The summed E-state index contributed by atoms with van der Waals surface area (Å²) in [5.41, 5.74) is -0.00423. The molecule has 0 amide bonds. The van der Waals surface area contributed by atoms with Crippen molar-refractivity contribution in [1.82, 2.24) is 9.36 Å². The van der Waals surface area contributed by atoms with Crippen LogP contribution in [0, 0.1) is 5.41 Å². The summed E-state index contributed by atoms with van der Waals surface area (Å²) in [6.07, 6.45) is -0.0609. The molecule has 0 spiro atoms. The number of aromatic nitrogens is 2. The summed E-state index contributed by atoms with van der Waals surface area (Å²) in [5.74, 6) is 0.779. The highest BCUT2D eigenvalue weighted by Crippen LogP contribution is 2.35. The molecule has 1 heterocycles. The molecule has 0 radical (unpaired) electrons. The molecule has 1 N–H and O–H groups in total. The zero-order chi connectivity index (χ0) is 14.0. The Morgan fingerprint density at radius 2 is 1.83 bits per heavy atom. The average Bonchev–Trinajstić information content (AvgIpc) is 2.57. The van der Waals surface area contributed by atoms with Gasteiger partial charge in [0.1, 0.15) is 6.10 Å². The third-order valence-corrected chi connectivity index (χ3v) is 2.92. The molecule has 1 aromatic rings. The molecule has 104 valence electrons. The first-order valence-electron chi connectivity index (χ1n) is 6.37. The smallest absolute Gasteiger partial charge is 0.203 e. The Hall–Kier alpha value is -0.680. The topological polar surface area (TPSA) is 47.0 Å². The van der Waals surface area contributed by atoms with Gasteiger partial charge in [0.15, 0.2) is 5.82 Å². The quantitative estimate of drug-likeness (QED) is 0.903. The zero-order valence-corrected chi connectivity index (χ0v) is 13.3. The molecular weight excluding hydrogens is 246 g/mol. The first-order valence-corrected chi connectivity index (χ1v) is 7.14. The first-order chi connectivity index (χ1) is 8.13. The predicted molar refractivity (Wildman–Crippen MR) is 77.1 cm³/mol. The highest BCUT2D eigenvalue weighted by Gasteiger charge is 2.30. The number of hydrogen-bond donors (Lipinski definition) is 1. The van der Waals surface area contributed by atoms with Gasteiger partial charge < -0.3 is 10.1 Å². The van der Waals surface area contributed by atoms with Gasteiger partial charge in [-0.25, -0.2) is 4.98 Å². The van der Waals surface area contributed by atoms with Crippen molar-refractivity contribution >= 4 is 16.7 Å². The summed E-state index contributed by atoms with van der Waals surface area (Å²) in [7, 11) is 0. The van der Waals surface area contributed by atoms with Crippen molar-refractivity contribution in [3.8, 4) is 0 Å². The second-order valence-electron chi connectivity index (χ2n) is 6.53. The summed E-state index contributed by atoms with van der Waals surface area (Å²) in [6, 6.07) is 0. The Bertz CT molecular complexity index is 376. The van der Waals surface area contributed by atoms with E-state index in [1.807, 2.05) is 6.92 Å². The van der Waals surface area contributed by atoms with Gasteiger partial charge in [0, 0.05) is 23.7 Å². The molecule has 0 aromatic carbocycles. The van der Waals surface area contributed by atoms with E-state index >= 15 is 0 Å². The van der Waals surface area contributed by atoms with E-state index in [-0.39, 0.29) is 17.1 Å². The lowest BCUT2D eigenvalue weighted by molar-refractivity contribution is -0.0183. The maximum atomic E-state index is 5.79. The van der Waals surface area contributed by atoms with Crippen molar-refractivity contribution in [2.24, 2.45) is 5.41 Å². The fraction of sp³-hybridized carbons (Fsp3) is 0.846. The maximum Gasteiger partial charge on any atom is 0.203 e. The lowest BCUT2D eigenvalue weighted by Gasteiger charge is -2.28. The van der Waals surface area contributed by atoms with Gasteiger partial charge in [0.25, 0.3) is 0 Å². The van der Waals surface area contributed by atoms with E-state index in [0.29, 0.717) is 6.61 Å². The maximum absolute atomic E-state index is 5.79. The fourth-order valence-corrected chi connectivity index (χ4v) is 2.39. The van der Waals surface area contributed by atoms with Crippen LogP contribution in [0.4, 0.5) is 5.13 Å². The van der Waals surface area contributed by atoms with Gasteiger partial charge in [-0.2, -0.15) is 4.37 Å². The zero-order valence-electron chi connectivity index (χ0n) is 12.5. The molecule has 4 nitrogen and oxygen atoms in total. The largest absolute Gasteiger partial charge is 0.370 e. The van der Waals surface area contributed by atoms with Crippen LogP contribution in [0.1, 0.15) is 60.4 Å². The lowest BCUT2D eigenvalue weighted by atomic mass is 9.88. The normalized spacial score (nSPS) is 14.6. The van der Waals surface area contributed by atoms with E-state index in [9.17, 15) is 0 Å². The molecule has 5 heteroatoms. The Morgan fingerprint density at radius 3 is 2.28 bits per heavy atom. The summed E-state index contributed by atoms with van der Waals surface area (Å²) < 4.78 is 10.2. The van der Waals surface area contributed by atoms with Crippen LogP contribution in [0.2, 0.25) is 0 Å². The SMILES string of the molecule is CCOC(c1nsc(NC(C)(C)C)n1)C(C)(C)C. The summed E-state index contributed by atoms with van der Waals surface area (Å²) >= 11 is 1.39. The molecule has 0 saturated carbocycles. The number of anilines is 1. The number of ether oxygens (including phenoxy) is 1. The number of nitrogens with zero attached hydrogens (tertiary/aromatic N) is 2. The van der Waals surface area contributed by atoms with Crippen molar-refractivity contribution in [3.63, 3.8) is 0 Å². The fourth-order valence-electron chi connectivity index (χ4n) is 1.59. The Kier molecular flexibility index (Phi) is 4.72. The minimum Gasteiger partial charge on any atom is -0.370 e. The predicted octanol–water partition coefficient (Wildman–Crippen LogP) is 3.87. The second-order valence-corrected chi connectivity index (χ2v) is 7.29. The van der Waals surface area contributed by atoms with Crippen LogP contribution in [0.5, 0.6) is 0 Å². The van der Waals surface area contributed by atoms with Crippen molar-refractivity contribution in [2.45, 2.75) is 60.1 Å². The van der Waals surface area contributed by atoms with E-state index < -0.39 is 0 Å². The van der Waals surface area contributed by atoms with Crippen LogP contribution in [0.15, 0.2) is 0 Å². The minimum absolute atomic E-state index is 0.000351. The molecular formula is C13H25N3OS. The Labute approximate surface area is 114 Å². The second kappa shape index (κ2) is 5.53. The molecule has 1 rings (SSSR count). The Balaban J connectivity index is 2.88. The highest BCUT2D eigenvalue weighted by atomic mass is 32.1. The van der Waals surface area contributed by atoms with Crippen LogP contribution >= 0.6 is 11.5 Å². The van der Waals surface area contributed by atoms with Crippen LogP contribution < -0.4 is 5.32 Å². The summed E-state index contributed by atoms with van der Waals surface area (Å²) in [4.78, 5) is 4.55. The number of hydrogen-bond acceptors (Lipinski definition) is 5. The van der Waals surface area contributed by atoms with Gasteiger partial charge in [0.2, 0.25) is 5.13 Å². The van der Waals surface area contributed by atoms with E-state index in [1.165, 1.54) is 11.5 Å². The molecule has 0 aliphatic carbocycles. The van der Waals surface area contributed by atoms with Crippen LogP contribution in [-0.4, -0.2) is 21.5 Å². The monoisotopic (exact) mass is 271 g/mol. The minimum atomic E-state index is -0.0609. The van der Waals surface area contributed by atoms with Gasteiger partial charge in [-0.1, -0.05) is 20.8 Å². The molecule has 18 heavy (non-hydrogen) atoms. The van der Waals surface area contributed by atoms with E-state index in [0.717, 1.165) is 11.0 Å². The van der Waals surface area contributed by atoms with Crippen molar-refractivity contribution < 1.29 is 4.74 Å². The van der Waals surface area contributed by atoms with Crippen molar-refractivity contribution in [2.75, 3.05) is 11.9 Å². The molecule has 0 aliphatic rings. The molecule has 0 fully saturated rings. The lowest BCUT2D eigenvalue weighted by Crippen LogP contribution is -2.26. The van der Waals surface area contributed by atoms with Crippen LogP contribution in [0.3, 0.4) is 0 Å². The van der Waals surface area contributed by atoms with Crippen LogP contribution in [0.25, 0.3) is 0 Å². The summed E-state index contributed by atoms with van der Waals surface area (Å²) in [6.45, 7) is 15.4. The molecule has 1 atom stereocenters. The molecule has 0 aliphatic heterocycles. The van der Waals surface area contributed by atoms with E-state index in [4.69, 9.17) is 4.74 Å². The van der Waals surface area contributed by atoms with Gasteiger partial charge in [-0.3, -0.25) is 0 Å². The van der Waals surface area contributed by atoms with Gasteiger partial charge in [-0.05, 0) is 33.1 Å². The molecule has 0 saturated heterocycles. The number of rotatable bonds is 4. The van der Waals surface area contributed by atoms with Crippen LogP contribution in [-0.2, 0) is 4.74 Å². The number of nitrogens with one attached hydrogen (secondary N) is 1. The van der Waals surface area contributed by atoms with E-state index in [1.54, 1.807) is 0 Å². The first kappa shape index (κ1) is 15.4. The third kappa shape index (κ3) is 4.53. The van der Waals surface area contributed by atoms with Gasteiger partial charge >= 0.3 is 0 Å². The Morgan fingerprint density at radius 1 is 1.22 bits per heavy atom. The highest BCUT2D eigenvalue weighted by molar-refractivity contribution is 7.09. The molecule has 1 unspecified atom stereocenters. The summed E-state index contributed by atoms with van der Waals surface area (Å²) in [5, 5.41) is 4.19.